The molecule has 0 unspecified atom stereocenters. The van der Waals surface area contributed by atoms with Crippen LogP contribution in [0.15, 0.2) is 40.3 Å². The number of hydrazone groups is 1. The standard InChI is InChI=1S/C21H28FN7OS/c1-12(2)29(24)19(27-23)16-7-6-8-18(25-16)26-20(30)14-10-17-13(9-15(14)22)11-28(31-17)21(3,4)5/h6-10,12H,11,23-24H2,1-5H3,(H,25,26,30)/b27-19-. The Kier molecular flexibility index (Phi) is 6.54. The number of carbonyl (C=O) groups is 1. The number of nitrogens with one attached hydrogen (secondary N) is 1. The van der Waals surface area contributed by atoms with Gasteiger partial charge in [0.2, 0.25) is 0 Å². The van der Waals surface area contributed by atoms with Gasteiger partial charge in [0.25, 0.3) is 5.91 Å². The zero-order chi connectivity index (χ0) is 22.9. The lowest BCUT2D eigenvalue weighted by Gasteiger charge is -2.29. The number of hydrogen-bond donors (Lipinski definition) is 3. The molecule has 1 aromatic heterocycles. The number of nitrogens with zero attached hydrogens (tertiary/aromatic N) is 4. The summed E-state index contributed by atoms with van der Waals surface area (Å²) in [6.45, 7) is 10.7. The van der Waals surface area contributed by atoms with E-state index < -0.39 is 11.7 Å². The predicted molar refractivity (Wildman–Crippen MR) is 122 cm³/mol. The second-order valence-electron chi connectivity index (χ2n) is 8.55. The van der Waals surface area contributed by atoms with Crippen molar-refractivity contribution < 1.29 is 9.18 Å². The maximum absolute atomic E-state index is 14.7. The summed E-state index contributed by atoms with van der Waals surface area (Å²) in [5.41, 5.74) is 1.14. The van der Waals surface area contributed by atoms with E-state index in [-0.39, 0.29) is 28.8 Å². The maximum Gasteiger partial charge on any atom is 0.259 e. The highest BCUT2D eigenvalue weighted by molar-refractivity contribution is 7.97. The second kappa shape index (κ2) is 8.81. The molecule has 3 rings (SSSR count). The summed E-state index contributed by atoms with van der Waals surface area (Å²) in [7, 11) is 0. The predicted octanol–water partition coefficient (Wildman–Crippen LogP) is 3.30. The highest BCUT2D eigenvalue weighted by Gasteiger charge is 2.31. The van der Waals surface area contributed by atoms with Crippen molar-refractivity contribution >= 4 is 29.5 Å². The molecule has 2 heterocycles. The fraction of sp³-hybridized carbons (Fsp3) is 0.381. The van der Waals surface area contributed by atoms with Crippen molar-refractivity contribution in [1.29, 1.82) is 0 Å². The molecule has 0 saturated carbocycles. The van der Waals surface area contributed by atoms with E-state index in [1.54, 1.807) is 24.3 Å². The summed E-state index contributed by atoms with van der Waals surface area (Å²) in [6, 6.07) is 7.93. The smallest absolute Gasteiger partial charge is 0.259 e. The average Bonchev–Trinajstić information content (AvgIpc) is 3.11. The van der Waals surface area contributed by atoms with E-state index in [4.69, 9.17) is 11.7 Å². The lowest BCUT2D eigenvalue weighted by molar-refractivity contribution is 0.102. The first-order valence-corrected chi connectivity index (χ1v) is 10.7. The van der Waals surface area contributed by atoms with Crippen molar-refractivity contribution in [1.82, 2.24) is 14.3 Å². The van der Waals surface area contributed by atoms with Crippen LogP contribution in [0.4, 0.5) is 10.2 Å². The monoisotopic (exact) mass is 445 g/mol. The Morgan fingerprint density at radius 2 is 2.06 bits per heavy atom. The topological polar surface area (TPSA) is 113 Å². The number of fused-ring (bicyclic) bond motifs is 1. The molecule has 8 nitrogen and oxygen atoms in total. The summed E-state index contributed by atoms with van der Waals surface area (Å²) >= 11 is 1.53. The maximum atomic E-state index is 14.7. The number of benzene rings is 1. The van der Waals surface area contributed by atoms with Gasteiger partial charge in [-0.15, -0.1) is 0 Å². The van der Waals surface area contributed by atoms with Crippen LogP contribution in [0, 0.1) is 5.82 Å². The van der Waals surface area contributed by atoms with Crippen LogP contribution in [0.25, 0.3) is 0 Å². The zero-order valence-corrected chi connectivity index (χ0v) is 19.1. The Hall–Kier alpha value is -2.69. The van der Waals surface area contributed by atoms with E-state index >= 15 is 0 Å². The number of hydrazine groups is 1. The van der Waals surface area contributed by atoms with E-state index in [0.717, 1.165) is 10.5 Å². The van der Waals surface area contributed by atoms with Crippen molar-refractivity contribution in [3.8, 4) is 0 Å². The summed E-state index contributed by atoms with van der Waals surface area (Å²) in [5.74, 6) is 10.8. The molecule has 10 heteroatoms. The van der Waals surface area contributed by atoms with Crippen molar-refractivity contribution in [2.75, 3.05) is 5.32 Å². The molecule has 0 atom stereocenters. The van der Waals surface area contributed by atoms with Crippen LogP contribution in [0.3, 0.4) is 0 Å². The van der Waals surface area contributed by atoms with Crippen LogP contribution in [0.2, 0.25) is 0 Å². The number of halogens is 1. The molecule has 1 amide bonds. The third kappa shape index (κ3) is 4.97. The molecule has 0 bridgehead atoms. The number of pyridine rings is 1. The van der Waals surface area contributed by atoms with Gasteiger partial charge < -0.3 is 11.2 Å². The van der Waals surface area contributed by atoms with Gasteiger partial charge in [0, 0.05) is 23.0 Å². The average molecular weight is 446 g/mol. The highest BCUT2D eigenvalue weighted by Crippen LogP contribution is 2.41. The van der Waals surface area contributed by atoms with Crippen LogP contribution in [-0.4, -0.2) is 37.6 Å². The van der Waals surface area contributed by atoms with E-state index in [1.165, 1.54) is 23.0 Å². The molecule has 5 N–H and O–H groups in total. The molecule has 0 saturated heterocycles. The molecular formula is C21H28FN7OS. The molecule has 1 aromatic carbocycles. The fourth-order valence-electron chi connectivity index (χ4n) is 2.98. The molecule has 0 aliphatic carbocycles. The SMILES string of the molecule is CC(C)N(N)/C(=N\N)c1cccc(NC(=O)c2cc3c(cc2F)CN(C(C)(C)C)S3)n1. The number of aromatic nitrogens is 1. The summed E-state index contributed by atoms with van der Waals surface area (Å²) in [6.07, 6.45) is 0. The molecule has 1 aliphatic heterocycles. The number of amides is 1. The van der Waals surface area contributed by atoms with Gasteiger partial charge in [0.05, 0.1) is 5.56 Å². The van der Waals surface area contributed by atoms with Gasteiger partial charge in [-0.05, 0) is 76.4 Å². The number of amidine groups is 1. The second-order valence-corrected chi connectivity index (χ2v) is 9.62. The molecule has 166 valence electrons. The lowest BCUT2D eigenvalue weighted by atomic mass is 10.1. The van der Waals surface area contributed by atoms with Gasteiger partial charge in [0.1, 0.15) is 17.3 Å². The van der Waals surface area contributed by atoms with Crippen LogP contribution < -0.4 is 17.0 Å². The molecule has 0 radical (unpaired) electrons. The van der Waals surface area contributed by atoms with Crippen molar-refractivity contribution in [2.45, 2.75) is 57.6 Å². The Balaban J connectivity index is 1.82. The minimum Gasteiger partial charge on any atom is -0.321 e. The largest absolute Gasteiger partial charge is 0.321 e. The first-order chi connectivity index (χ1) is 14.5. The van der Waals surface area contributed by atoms with E-state index in [2.05, 4.69) is 40.5 Å². The van der Waals surface area contributed by atoms with Gasteiger partial charge in [-0.3, -0.25) is 9.80 Å². The molecule has 0 fully saturated rings. The van der Waals surface area contributed by atoms with Gasteiger partial charge in [-0.25, -0.2) is 19.5 Å². The molecule has 31 heavy (non-hydrogen) atoms. The number of rotatable bonds is 4. The minimum absolute atomic E-state index is 0.0374. The zero-order valence-electron chi connectivity index (χ0n) is 18.3. The van der Waals surface area contributed by atoms with E-state index in [1.807, 2.05) is 13.8 Å². The summed E-state index contributed by atoms with van der Waals surface area (Å²) < 4.78 is 16.9. The molecule has 0 spiro atoms. The van der Waals surface area contributed by atoms with Gasteiger partial charge >= 0.3 is 0 Å². The molecule has 1 aliphatic rings. The third-order valence-electron chi connectivity index (χ3n) is 4.81. The summed E-state index contributed by atoms with van der Waals surface area (Å²) in [5, 5.41) is 7.75. The molecular weight excluding hydrogens is 417 g/mol. The first-order valence-electron chi connectivity index (χ1n) is 9.90. The number of anilines is 1. The minimum atomic E-state index is -0.584. The molecule has 2 aromatic rings. The number of hydrogen-bond acceptors (Lipinski definition) is 7. The quantitative estimate of drug-likeness (QED) is 0.218. The van der Waals surface area contributed by atoms with Crippen LogP contribution >= 0.6 is 11.9 Å². The fourth-order valence-corrected chi connectivity index (χ4v) is 4.11. The van der Waals surface area contributed by atoms with Crippen LogP contribution in [0.5, 0.6) is 0 Å². The van der Waals surface area contributed by atoms with Crippen molar-refractivity contribution in [2.24, 2.45) is 16.8 Å². The van der Waals surface area contributed by atoms with Crippen LogP contribution in [-0.2, 0) is 6.54 Å². The Morgan fingerprint density at radius 3 is 2.68 bits per heavy atom. The van der Waals surface area contributed by atoms with Crippen molar-refractivity contribution in [3.63, 3.8) is 0 Å². The van der Waals surface area contributed by atoms with E-state index in [9.17, 15) is 9.18 Å². The van der Waals surface area contributed by atoms with Gasteiger partial charge in [-0.2, -0.15) is 5.10 Å². The third-order valence-corrected chi connectivity index (χ3v) is 6.28. The Bertz CT molecular complexity index is 1020. The number of nitrogens with two attached hydrogens (primary N) is 2. The van der Waals surface area contributed by atoms with Gasteiger partial charge in [0.15, 0.2) is 5.84 Å². The van der Waals surface area contributed by atoms with Gasteiger partial charge in [-0.1, -0.05) is 6.07 Å². The summed E-state index contributed by atoms with van der Waals surface area (Å²) in [4.78, 5) is 18.0. The Labute approximate surface area is 186 Å². The van der Waals surface area contributed by atoms with E-state index in [0.29, 0.717) is 12.2 Å². The van der Waals surface area contributed by atoms with Crippen molar-refractivity contribution in [3.05, 3.63) is 53.0 Å². The first kappa shape index (κ1) is 23.0. The Morgan fingerprint density at radius 1 is 1.35 bits per heavy atom. The highest BCUT2D eigenvalue weighted by atomic mass is 32.2. The normalized spacial score (nSPS) is 14.6. The van der Waals surface area contributed by atoms with Crippen LogP contribution in [0.1, 0.15) is 56.2 Å². The number of carbonyl (C=O) groups excluding carboxylic acids is 1. The lowest BCUT2D eigenvalue weighted by Crippen LogP contribution is -2.44.